The minimum atomic E-state index is -0.119. The van der Waals surface area contributed by atoms with Gasteiger partial charge in [-0.2, -0.15) is 0 Å². The van der Waals surface area contributed by atoms with Crippen LogP contribution in [-0.4, -0.2) is 49.2 Å². The van der Waals surface area contributed by atoms with Crippen molar-refractivity contribution in [3.63, 3.8) is 0 Å². The number of carbonyl (C=O) groups excluding carboxylic acids is 1. The van der Waals surface area contributed by atoms with E-state index >= 15 is 0 Å². The predicted molar refractivity (Wildman–Crippen MR) is 54.9 cm³/mol. The largest absolute Gasteiger partial charge is 0.393 e. The highest BCUT2D eigenvalue weighted by Gasteiger charge is 2.22. The molecule has 0 saturated heterocycles. The van der Waals surface area contributed by atoms with Gasteiger partial charge in [0.05, 0.1) is 12.6 Å². The van der Waals surface area contributed by atoms with Gasteiger partial charge < -0.3 is 15.3 Å². The maximum absolute atomic E-state index is 11.2. The number of nitrogens with one attached hydrogen (secondary N) is 1. The molecule has 2 unspecified atom stereocenters. The van der Waals surface area contributed by atoms with Gasteiger partial charge in [-0.3, -0.25) is 4.79 Å². The molecule has 0 spiro atoms. The molecule has 1 amide bonds. The molecule has 0 aromatic rings. The first kappa shape index (κ1) is 11.5. The fourth-order valence-electron chi connectivity index (χ4n) is 1.78. The van der Waals surface area contributed by atoms with Crippen molar-refractivity contribution in [1.82, 2.24) is 10.2 Å². The zero-order valence-corrected chi connectivity index (χ0v) is 8.99. The van der Waals surface area contributed by atoms with Gasteiger partial charge in [-0.05, 0) is 31.7 Å². The summed E-state index contributed by atoms with van der Waals surface area (Å²) in [6, 6.07) is 0. The van der Waals surface area contributed by atoms with Crippen LogP contribution >= 0.6 is 0 Å². The number of aliphatic hydroxyl groups excluding tert-OH is 1. The Hall–Kier alpha value is -0.610. The summed E-state index contributed by atoms with van der Waals surface area (Å²) in [4.78, 5) is 12.8. The van der Waals surface area contributed by atoms with Crippen LogP contribution in [0.5, 0.6) is 0 Å². The lowest BCUT2D eigenvalue weighted by Crippen LogP contribution is -2.35. The molecule has 0 radical (unpaired) electrons. The average molecular weight is 200 g/mol. The van der Waals surface area contributed by atoms with E-state index in [2.05, 4.69) is 5.32 Å². The molecule has 1 aliphatic rings. The number of aliphatic hydroxyl groups is 1. The quantitative estimate of drug-likeness (QED) is 0.662. The van der Waals surface area contributed by atoms with E-state index in [1.807, 2.05) is 0 Å². The summed E-state index contributed by atoms with van der Waals surface area (Å²) in [7, 11) is 3.51. The molecule has 0 aromatic heterocycles. The second-order valence-electron chi connectivity index (χ2n) is 4.25. The zero-order valence-electron chi connectivity index (χ0n) is 8.99. The second kappa shape index (κ2) is 5.32. The Morgan fingerprint density at radius 1 is 1.50 bits per heavy atom. The van der Waals surface area contributed by atoms with Crippen molar-refractivity contribution in [2.45, 2.75) is 25.4 Å². The molecular formula is C10H20N2O2. The predicted octanol–water partition coefficient (Wildman–Crippen LogP) is -0.175. The average Bonchev–Trinajstić information content (AvgIpc) is 2.51. The molecule has 1 aliphatic carbocycles. The lowest BCUT2D eigenvalue weighted by Gasteiger charge is -2.13. The Morgan fingerprint density at radius 3 is 2.71 bits per heavy atom. The van der Waals surface area contributed by atoms with Crippen molar-refractivity contribution in [2.24, 2.45) is 5.92 Å². The molecule has 14 heavy (non-hydrogen) atoms. The summed E-state index contributed by atoms with van der Waals surface area (Å²) >= 11 is 0. The Kier molecular flexibility index (Phi) is 4.35. The van der Waals surface area contributed by atoms with E-state index in [4.69, 9.17) is 0 Å². The van der Waals surface area contributed by atoms with Gasteiger partial charge in [0.2, 0.25) is 5.91 Å². The minimum absolute atomic E-state index is 0.101. The van der Waals surface area contributed by atoms with E-state index in [-0.39, 0.29) is 12.0 Å². The molecule has 1 saturated carbocycles. The monoisotopic (exact) mass is 200 g/mol. The SMILES string of the molecule is CN(C)C(=O)CNCC1CCC(O)C1. The maximum atomic E-state index is 11.2. The van der Waals surface area contributed by atoms with Crippen molar-refractivity contribution in [3.8, 4) is 0 Å². The number of hydrogen-bond donors (Lipinski definition) is 2. The number of carbonyl (C=O) groups is 1. The van der Waals surface area contributed by atoms with Crippen LogP contribution in [0.4, 0.5) is 0 Å². The summed E-state index contributed by atoms with van der Waals surface area (Å²) < 4.78 is 0. The number of likely N-dealkylation sites (N-methyl/N-ethyl adjacent to an activating group) is 1. The second-order valence-corrected chi connectivity index (χ2v) is 4.25. The summed E-state index contributed by atoms with van der Waals surface area (Å²) in [5, 5.41) is 12.4. The highest BCUT2D eigenvalue weighted by atomic mass is 16.3. The fourth-order valence-corrected chi connectivity index (χ4v) is 1.78. The maximum Gasteiger partial charge on any atom is 0.236 e. The molecule has 82 valence electrons. The standard InChI is InChI=1S/C10H20N2O2/c1-12(2)10(14)7-11-6-8-3-4-9(13)5-8/h8-9,11,13H,3-7H2,1-2H3. The third-order valence-electron chi connectivity index (χ3n) is 2.72. The normalized spacial score (nSPS) is 26.5. The number of nitrogens with zero attached hydrogens (tertiary/aromatic N) is 1. The fraction of sp³-hybridized carbons (Fsp3) is 0.900. The van der Waals surface area contributed by atoms with Gasteiger partial charge in [-0.25, -0.2) is 0 Å². The van der Waals surface area contributed by atoms with Crippen LogP contribution in [0.15, 0.2) is 0 Å². The third-order valence-corrected chi connectivity index (χ3v) is 2.72. The minimum Gasteiger partial charge on any atom is -0.393 e. The van der Waals surface area contributed by atoms with E-state index in [1.165, 1.54) is 0 Å². The lowest BCUT2D eigenvalue weighted by molar-refractivity contribution is -0.127. The van der Waals surface area contributed by atoms with Crippen molar-refractivity contribution in [2.75, 3.05) is 27.2 Å². The van der Waals surface area contributed by atoms with Crippen LogP contribution < -0.4 is 5.32 Å². The summed E-state index contributed by atoms with van der Waals surface area (Å²) in [6.07, 6.45) is 2.74. The van der Waals surface area contributed by atoms with Crippen LogP contribution in [0.2, 0.25) is 0 Å². The van der Waals surface area contributed by atoms with Crippen LogP contribution in [0.25, 0.3) is 0 Å². The molecule has 1 rings (SSSR count). The Bertz CT molecular complexity index is 195. The van der Waals surface area contributed by atoms with Gasteiger partial charge in [0.15, 0.2) is 0 Å². The Morgan fingerprint density at radius 2 is 2.21 bits per heavy atom. The molecule has 0 aromatic carbocycles. The van der Waals surface area contributed by atoms with Crippen LogP contribution in [0, 0.1) is 5.92 Å². The van der Waals surface area contributed by atoms with Gasteiger partial charge in [0, 0.05) is 14.1 Å². The van der Waals surface area contributed by atoms with Crippen molar-refractivity contribution >= 4 is 5.91 Å². The van der Waals surface area contributed by atoms with E-state index in [9.17, 15) is 9.90 Å². The first-order valence-corrected chi connectivity index (χ1v) is 5.18. The third kappa shape index (κ3) is 3.64. The Labute approximate surface area is 85.3 Å². The van der Waals surface area contributed by atoms with Crippen molar-refractivity contribution < 1.29 is 9.90 Å². The topological polar surface area (TPSA) is 52.6 Å². The molecule has 2 N–H and O–H groups in total. The van der Waals surface area contributed by atoms with E-state index in [1.54, 1.807) is 19.0 Å². The summed E-state index contributed by atoms with van der Waals surface area (Å²) in [5.41, 5.74) is 0. The number of rotatable bonds is 4. The van der Waals surface area contributed by atoms with Gasteiger partial charge in [0.25, 0.3) is 0 Å². The number of hydrogen-bond acceptors (Lipinski definition) is 3. The van der Waals surface area contributed by atoms with Gasteiger partial charge in [-0.15, -0.1) is 0 Å². The van der Waals surface area contributed by atoms with Gasteiger partial charge >= 0.3 is 0 Å². The molecule has 2 atom stereocenters. The number of amides is 1. The first-order chi connectivity index (χ1) is 6.59. The van der Waals surface area contributed by atoms with E-state index in [0.717, 1.165) is 25.8 Å². The summed E-state index contributed by atoms with van der Waals surface area (Å²) in [5.74, 6) is 0.642. The van der Waals surface area contributed by atoms with Crippen LogP contribution in [0.1, 0.15) is 19.3 Å². The molecule has 4 heteroatoms. The van der Waals surface area contributed by atoms with Crippen molar-refractivity contribution in [3.05, 3.63) is 0 Å². The van der Waals surface area contributed by atoms with Crippen LogP contribution in [-0.2, 0) is 4.79 Å². The Balaban J connectivity index is 2.07. The summed E-state index contributed by atoms with van der Waals surface area (Å²) in [6.45, 7) is 1.25. The highest BCUT2D eigenvalue weighted by Crippen LogP contribution is 2.24. The van der Waals surface area contributed by atoms with Crippen LogP contribution in [0.3, 0.4) is 0 Å². The zero-order chi connectivity index (χ0) is 10.6. The smallest absolute Gasteiger partial charge is 0.236 e. The molecule has 0 aliphatic heterocycles. The molecule has 0 bridgehead atoms. The molecular weight excluding hydrogens is 180 g/mol. The van der Waals surface area contributed by atoms with Crippen molar-refractivity contribution in [1.29, 1.82) is 0 Å². The van der Waals surface area contributed by atoms with Gasteiger partial charge in [0.1, 0.15) is 0 Å². The lowest BCUT2D eigenvalue weighted by atomic mass is 10.1. The van der Waals surface area contributed by atoms with E-state index < -0.39 is 0 Å². The van der Waals surface area contributed by atoms with E-state index in [0.29, 0.717) is 12.5 Å². The molecule has 0 heterocycles. The first-order valence-electron chi connectivity index (χ1n) is 5.18. The molecule has 1 fully saturated rings. The highest BCUT2D eigenvalue weighted by molar-refractivity contribution is 5.77. The van der Waals surface area contributed by atoms with Gasteiger partial charge in [-0.1, -0.05) is 0 Å². The molecule has 4 nitrogen and oxygen atoms in total.